The van der Waals surface area contributed by atoms with Crippen LogP contribution < -0.4 is 0 Å². The number of hydrogen-bond donors (Lipinski definition) is 1. The quantitative estimate of drug-likeness (QED) is 0.770. The summed E-state index contributed by atoms with van der Waals surface area (Å²) in [6, 6.07) is 0. The second kappa shape index (κ2) is 4.72. The standard InChI is InChI=1S/C12H21NO3/c1-16-10-2-6-13(7-3-10)9-12(4-5-12)8-11(14)15/h10H,2-9H2,1H3,(H,14,15). The van der Waals surface area contributed by atoms with E-state index in [-0.39, 0.29) is 5.41 Å². The number of ether oxygens (including phenoxy) is 1. The van der Waals surface area contributed by atoms with Crippen molar-refractivity contribution < 1.29 is 14.6 Å². The number of likely N-dealkylation sites (tertiary alicyclic amines) is 1. The number of nitrogens with zero attached hydrogens (tertiary/aromatic N) is 1. The molecule has 1 saturated heterocycles. The summed E-state index contributed by atoms with van der Waals surface area (Å²) in [5, 5.41) is 8.86. The van der Waals surface area contributed by atoms with Crippen molar-refractivity contribution in [2.45, 2.75) is 38.2 Å². The van der Waals surface area contributed by atoms with E-state index in [0.717, 1.165) is 45.3 Å². The van der Waals surface area contributed by atoms with Gasteiger partial charge in [-0.3, -0.25) is 4.79 Å². The third-order valence-corrected chi connectivity index (χ3v) is 3.91. The van der Waals surface area contributed by atoms with Crippen LogP contribution in [0.2, 0.25) is 0 Å². The number of methoxy groups -OCH3 is 1. The Morgan fingerprint density at radius 1 is 1.44 bits per heavy atom. The maximum absolute atomic E-state index is 10.8. The molecule has 0 aromatic heterocycles. The number of carboxylic acid groups (broad SMARTS) is 1. The van der Waals surface area contributed by atoms with Crippen molar-refractivity contribution in [2.24, 2.45) is 5.41 Å². The molecular formula is C12H21NO3. The third-order valence-electron chi connectivity index (χ3n) is 3.91. The van der Waals surface area contributed by atoms with Gasteiger partial charge in [0.1, 0.15) is 0 Å². The van der Waals surface area contributed by atoms with E-state index in [1.165, 1.54) is 0 Å². The molecule has 2 fully saturated rings. The average Bonchev–Trinajstić information content (AvgIpc) is 2.98. The number of carboxylic acids is 1. The fourth-order valence-electron chi connectivity index (χ4n) is 2.67. The van der Waals surface area contributed by atoms with Gasteiger partial charge in [0, 0.05) is 26.7 Å². The van der Waals surface area contributed by atoms with E-state index in [1.807, 2.05) is 0 Å². The summed E-state index contributed by atoms with van der Waals surface area (Å²) in [4.78, 5) is 13.2. The first kappa shape index (κ1) is 11.9. The van der Waals surface area contributed by atoms with Gasteiger partial charge in [0.15, 0.2) is 0 Å². The molecule has 4 nitrogen and oxygen atoms in total. The molecule has 1 heterocycles. The Balaban J connectivity index is 1.76. The number of carbonyl (C=O) groups is 1. The summed E-state index contributed by atoms with van der Waals surface area (Å²) < 4.78 is 5.33. The zero-order valence-corrected chi connectivity index (χ0v) is 9.95. The van der Waals surface area contributed by atoms with Crippen molar-refractivity contribution >= 4 is 5.97 Å². The summed E-state index contributed by atoms with van der Waals surface area (Å²) in [5.74, 6) is -0.649. The molecule has 92 valence electrons. The smallest absolute Gasteiger partial charge is 0.303 e. The van der Waals surface area contributed by atoms with Crippen LogP contribution >= 0.6 is 0 Å². The Kier molecular flexibility index (Phi) is 3.50. The molecular weight excluding hydrogens is 206 g/mol. The lowest BCUT2D eigenvalue weighted by Gasteiger charge is -2.33. The van der Waals surface area contributed by atoms with Crippen LogP contribution in [0.4, 0.5) is 0 Å². The second-order valence-electron chi connectivity index (χ2n) is 5.28. The van der Waals surface area contributed by atoms with E-state index >= 15 is 0 Å². The van der Waals surface area contributed by atoms with Crippen LogP contribution in [-0.2, 0) is 9.53 Å². The van der Waals surface area contributed by atoms with E-state index in [0.29, 0.717) is 12.5 Å². The lowest BCUT2D eigenvalue weighted by Crippen LogP contribution is -2.40. The van der Waals surface area contributed by atoms with Crippen LogP contribution in [0.25, 0.3) is 0 Å². The first-order chi connectivity index (χ1) is 7.63. The van der Waals surface area contributed by atoms with E-state index < -0.39 is 5.97 Å². The van der Waals surface area contributed by atoms with Crippen molar-refractivity contribution in [3.8, 4) is 0 Å². The summed E-state index contributed by atoms with van der Waals surface area (Å²) in [6.07, 6.45) is 5.09. The number of hydrogen-bond acceptors (Lipinski definition) is 3. The SMILES string of the molecule is COC1CCN(CC2(CC(=O)O)CC2)CC1. The van der Waals surface area contributed by atoms with Crippen LogP contribution in [0.1, 0.15) is 32.1 Å². The molecule has 2 aliphatic rings. The average molecular weight is 227 g/mol. The molecule has 0 unspecified atom stereocenters. The highest BCUT2D eigenvalue weighted by Gasteiger charge is 2.45. The van der Waals surface area contributed by atoms with Gasteiger partial charge in [-0.25, -0.2) is 0 Å². The van der Waals surface area contributed by atoms with Crippen molar-refractivity contribution in [3.05, 3.63) is 0 Å². The van der Waals surface area contributed by atoms with Crippen LogP contribution in [0.15, 0.2) is 0 Å². The van der Waals surface area contributed by atoms with Crippen molar-refractivity contribution in [1.29, 1.82) is 0 Å². The van der Waals surface area contributed by atoms with Crippen molar-refractivity contribution in [3.63, 3.8) is 0 Å². The van der Waals surface area contributed by atoms with Gasteiger partial charge in [-0.2, -0.15) is 0 Å². The Morgan fingerprint density at radius 2 is 2.06 bits per heavy atom. The van der Waals surface area contributed by atoms with Gasteiger partial charge in [-0.1, -0.05) is 0 Å². The Hall–Kier alpha value is -0.610. The first-order valence-corrected chi connectivity index (χ1v) is 6.10. The van der Waals surface area contributed by atoms with Gasteiger partial charge in [-0.15, -0.1) is 0 Å². The van der Waals surface area contributed by atoms with Gasteiger partial charge >= 0.3 is 5.97 Å². The Labute approximate surface area is 96.6 Å². The van der Waals surface area contributed by atoms with E-state index in [1.54, 1.807) is 7.11 Å². The maximum Gasteiger partial charge on any atom is 0.303 e. The third kappa shape index (κ3) is 2.95. The Morgan fingerprint density at radius 3 is 2.50 bits per heavy atom. The minimum absolute atomic E-state index is 0.103. The molecule has 0 atom stereocenters. The van der Waals surface area contributed by atoms with Gasteiger partial charge in [0.25, 0.3) is 0 Å². The number of aliphatic carboxylic acids is 1. The fraction of sp³-hybridized carbons (Fsp3) is 0.917. The molecule has 1 aliphatic heterocycles. The zero-order chi connectivity index (χ0) is 11.6. The first-order valence-electron chi connectivity index (χ1n) is 6.10. The lowest BCUT2D eigenvalue weighted by molar-refractivity contribution is -0.138. The Bertz CT molecular complexity index is 255. The van der Waals surface area contributed by atoms with E-state index in [4.69, 9.17) is 9.84 Å². The van der Waals surface area contributed by atoms with Gasteiger partial charge in [0.05, 0.1) is 12.5 Å². The number of piperidine rings is 1. The summed E-state index contributed by atoms with van der Waals surface area (Å²) in [6.45, 7) is 3.08. The van der Waals surface area contributed by atoms with Crippen LogP contribution in [0, 0.1) is 5.41 Å². The van der Waals surface area contributed by atoms with Crippen LogP contribution in [-0.4, -0.2) is 48.8 Å². The highest BCUT2D eigenvalue weighted by Crippen LogP contribution is 2.49. The van der Waals surface area contributed by atoms with Crippen LogP contribution in [0.3, 0.4) is 0 Å². The minimum Gasteiger partial charge on any atom is -0.481 e. The molecule has 0 spiro atoms. The van der Waals surface area contributed by atoms with E-state index in [2.05, 4.69) is 4.90 Å². The molecule has 0 aromatic carbocycles. The largest absolute Gasteiger partial charge is 0.481 e. The normalized spacial score (nSPS) is 25.6. The molecule has 0 radical (unpaired) electrons. The highest BCUT2D eigenvalue weighted by molar-refractivity contribution is 5.68. The molecule has 16 heavy (non-hydrogen) atoms. The highest BCUT2D eigenvalue weighted by atomic mass is 16.5. The maximum atomic E-state index is 10.8. The number of rotatable bonds is 5. The molecule has 1 saturated carbocycles. The molecule has 1 aliphatic carbocycles. The van der Waals surface area contributed by atoms with Crippen LogP contribution in [0.5, 0.6) is 0 Å². The monoisotopic (exact) mass is 227 g/mol. The second-order valence-corrected chi connectivity index (χ2v) is 5.28. The molecule has 0 amide bonds. The topological polar surface area (TPSA) is 49.8 Å². The minimum atomic E-state index is -0.649. The fourth-order valence-corrected chi connectivity index (χ4v) is 2.67. The lowest BCUT2D eigenvalue weighted by atomic mass is 9.99. The summed E-state index contributed by atoms with van der Waals surface area (Å²) in [7, 11) is 1.77. The zero-order valence-electron chi connectivity index (χ0n) is 9.95. The van der Waals surface area contributed by atoms with Crippen molar-refractivity contribution in [1.82, 2.24) is 4.90 Å². The van der Waals surface area contributed by atoms with E-state index in [9.17, 15) is 4.79 Å². The van der Waals surface area contributed by atoms with Crippen molar-refractivity contribution in [2.75, 3.05) is 26.7 Å². The predicted octanol–water partition coefficient (Wildman–Crippen LogP) is 1.35. The molecule has 0 aromatic rings. The summed E-state index contributed by atoms with van der Waals surface area (Å²) >= 11 is 0. The van der Waals surface area contributed by atoms with Gasteiger partial charge in [-0.05, 0) is 31.1 Å². The molecule has 2 rings (SSSR count). The predicted molar refractivity (Wildman–Crippen MR) is 60.4 cm³/mol. The summed E-state index contributed by atoms with van der Waals surface area (Å²) in [5.41, 5.74) is 0.103. The van der Waals surface area contributed by atoms with Gasteiger partial charge in [0.2, 0.25) is 0 Å². The van der Waals surface area contributed by atoms with Gasteiger partial charge < -0.3 is 14.7 Å². The molecule has 1 N–H and O–H groups in total. The molecule has 4 heteroatoms. The molecule has 0 bridgehead atoms.